The topological polar surface area (TPSA) is 82.2 Å². The van der Waals surface area contributed by atoms with E-state index in [-0.39, 0.29) is 29.9 Å². The molecule has 0 saturated carbocycles. The Balaban J connectivity index is 0.00000225. The summed E-state index contributed by atoms with van der Waals surface area (Å²) in [5, 5.41) is 4.44. The van der Waals surface area contributed by atoms with Gasteiger partial charge in [-0.1, -0.05) is 13.8 Å². The third kappa shape index (κ3) is 3.36. The van der Waals surface area contributed by atoms with E-state index in [1.165, 1.54) is 5.69 Å². The summed E-state index contributed by atoms with van der Waals surface area (Å²) >= 11 is 0. The van der Waals surface area contributed by atoms with Crippen molar-refractivity contribution in [2.45, 2.75) is 33.2 Å². The fourth-order valence-corrected chi connectivity index (χ4v) is 1.74. The fraction of sp³-hybridized carbons (Fsp3) is 0.600. The van der Waals surface area contributed by atoms with Gasteiger partial charge in [0.25, 0.3) is 0 Å². The zero-order valence-electron chi connectivity index (χ0n) is 10.0. The lowest BCUT2D eigenvalue weighted by Gasteiger charge is -2.01. The van der Waals surface area contributed by atoms with Crippen molar-refractivity contribution in [2.24, 2.45) is 23.5 Å². The molecule has 0 aliphatic rings. The largest absolute Gasteiger partial charge is 0.370 e. The normalized spacial score (nSPS) is 9.69. The minimum Gasteiger partial charge on any atom is -0.370 e. The molecule has 4 N–H and O–H groups in total. The van der Waals surface area contributed by atoms with Crippen LogP contribution in [0.5, 0.6) is 0 Å². The molecule has 1 rings (SSSR count). The summed E-state index contributed by atoms with van der Waals surface area (Å²) in [6.45, 7) is 4.72. The smallest absolute Gasteiger partial charge is 0.186 e. The molecule has 0 aliphatic heterocycles. The number of aromatic nitrogens is 2. The standard InChI is InChI=1S/C10H19N5.HI/c1-4-8-7(6-13-10(11)12)9(5-2)15(3)14-8;/h4-6H2,1-3H3,(H4,11,12,13);1H. The average molecular weight is 337 g/mol. The van der Waals surface area contributed by atoms with Crippen LogP contribution in [0.2, 0.25) is 0 Å². The van der Waals surface area contributed by atoms with Gasteiger partial charge in [-0.25, -0.2) is 4.99 Å². The van der Waals surface area contributed by atoms with E-state index in [2.05, 4.69) is 23.9 Å². The quantitative estimate of drug-likeness (QED) is 0.487. The van der Waals surface area contributed by atoms with Crippen LogP contribution in [0, 0.1) is 0 Å². The number of aryl methyl sites for hydroxylation is 2. The molecular formula is C10H20IN5. The second-order valence-corrected chi connectivity index (χ2v) is 3.44. The van der Waals surface area contributed by atoms with Crippen LogP contribution in [-0.4, -0.2) is 15.7 Å². The fourth-order valence-electron chi connectivity index (χ4n) is 1.74. The lowest BCUT2D eigenvalue weighted by atomic mass is 10.1. The predicted molar refractivity (Wildman–Crippen MR) is 76.9 cm³/mol. The zero-order chi connectivity index (χ0) is 11.4. The molecule has 0 bridgehead atoms. The molecule has 1 heterocycles. The minimum absolute atomic E-state index is 0. The van der Waals surface area contributed by atoms with E-state index < -0.39 is 0 Å². The van der Waals surface area contributed by atoms with Crippen LogP contribution < -0.4 is 11.5 Å². The first-order valence-electron chi connectivity index (χ1n) is 5.19. The molecule has 0 radical (unpaired) electrons. The molecule has 1 aromatic rings. The van der Waals surface area contributed by atoms with Crippen molar-refractivity contribution in [3.8, 4) is 0 Å². The first-order chi connectivity index (χ1) is 7.10. The molecule has 0 aliphatic carbocycles. The van der Waals surface area contributed by atoms with E-state index >= 15 is 0 Å². The number of nitrogens with two attached hydrogens (primary N) is 2. The van der Waals surface area contributed by atoms with Crippen molar-refractivity contribution in [1.82, 2.24) is 9.78 Å². The van der Waals surface area contributed by atoms with Crippen LogP contribution in [-0.2, 0) is 26.4 Å². The molecule has 0 spiro atoms. The Morgan fingerprint density at radius 2 is 1.94 bits per heavy atom. The molecular weight excluding hydrogens is 317 g/mol. The lowest BCUT2D eigenvalue weighted by Crippen LogP contribution is -2.22. The molecule has 0 amide bonds. The van der Waals surface area contributed by atoms with E-state index in [4.69, 9.17) is 11.5 Å². The minimum atomic E-state index is 0. The number of rotatable bonds is 4. The van der Waals surface area contributed by atoms with Gasteiger partial charge >= 0.3 is 0 Å². The number of halogens is 1. The summed E-state index contributed by atoms with van der Waals surface area (Å²) in [6.07, 6.45) is 1.85. The number of nitrogens with zero attached hydrogens (tertiary/aromatic N) is 3. The third-order valence-electron chi connectivity index (χ3n) is 2.45. The number of guanidine groups is 1. The van der Waals surface area contributed by atoms with Crippen LogP contribution >= 0.6 is 24.0 Å². The molecule has 16 heavy (non-hydrogen) atoms. The molecule has 0 atom stereocenters. The summed E-state index contributed by atoms with van der Waals surface area (Å²) in [5.41, 5.74) is 14.1. The first kappa shape index (κ1) is 15.2. The molecule has 1 aromatic heterocycles. The molecule has 0 fully saturated rings. The zero-order valence-corrected chi connectivity index (χ0v) is 12.4. The summed E-state index contributed by atoms with van der Waals surface area (Å²) in [5.74, 6) is 0.128. The Morgan fingerprint density at radius 1 is 1.31 bits per heavy atom. The van der Waals surface area contributed by atoms with Crippen molar-refractivity contribution in [1.29, 1.82) is 0 Å². The van der Waals surface area contributed by atoms with Crippen LogP contribution in [0.4, 0.5) is 0 Å². The van der Waals surface area contributed by atoms with Crippen molar-refractivity contribution < 1.29 is 0 Å². The van der Waals surface area contributed by atoms with Crippen molar-refractivity contribution in [3.05, 3.63) is 17.0 Å². The SMILES string of the molecule is CCc1nn(C)c(CC)c1CN=C(N)N.I. The number of hydrogen-bond acceptors (Lipinski definition) is 2. The van der Waals surface area contributed by atoms with E-state index in [9.17, 15) is 0 Å². The molecule has 0 unspecified atom stereocenters. The van der Waals surface area contributed by atoms with Crippen LogP contribution in [0.25, 0.3) is 0 Å². The van der Waals surface area contributed by atoms with Crippen LogP contribution in [0.15, 0.2) is 4.99 Å². The van der Waals surface area contributed by atoms with Crippen molar-refractivity contribution in [2.75, 3.05) is 0 Å². The van der Waals surface area contributed by atoms with E-state index in [0.29, 0.717) is 6.54 Å². The summed E-state index contributed by atoms with van der Waals surface area (Å²) < 4.78 is 1.91. The molecule has 0 aromatic carbocycles. The predicted octanol–water partition coefficient (Wildman–Crippen LogP) is 0.936. The third-order valence-corrected chi connectivity index (χ3v) is 2.45. The van der Waals surface area contributed by atoms with Gasteiger partial charge in [0.1, 0.15) is 0 Å². The molecule has 6 heteroatoms. The maximum Gasteiger partial charge on any atom is 0.186 e. The second-order valence-electron chi connectivity index (χ2n) is 3.44. The molecule has 5 nitrogen and oxygen atoms in total. The van der Waals surface area contributed by atoms with Crippen LogP contribution in [0.1, 0.15) is 30.8 Å². The lowest BCUT2D eigenvalue weighted by molar-refractivity contribution is 0.703. The van der Waals surface area contributed by atoms with Gasteiger partial charge < -0.3 is 11.5 Å². The highest BCUT2D eigenvalue weighted by molar-refractivity contribution is 14.0. The Labute approximate surface area is 113 Å². The van der Waals surface area contributed by atoms with Gasteiger partial charge in [0.15, 0.2) is 5.96 Å². The van der Waals surface area contributed by atoms with Crippen molar-refractivity contribution >= 4 is 29.9 Å². The van der Waals surface area contributed by atoms with Crippen LogP contribution in [0.3, 0.4) is 0 Å². The maximum atomic E-state index is 5.33. The molecule has 0 saturated heterocycles. The van der Waals surface area contributed by atoms with E-state index in [1.807, 2.05) is 11.7 Å². The summed E-state index contributed by atoms with van der Waals surface area (Å²) in [4.78, 5) is 4.04. The van der Waals surface area contributed by atoms with Gasteiger partial charge in [0, 0.05) is 18.3 Å². The Bertz CT molecular complexity index is 366. The monoisotopic (exact) mass is 337 g/mol. The van der Waals surface area contributed by atoms with Gasteiger partial charge in [0.05, 0.1) is 12.2 Å². The Morgan fingerprint density at radius 3 is 2.38 bits per heavy atom. The van der Waals surface area contributed by atoms with Gasteiger partial charge in [-0.05, 0) is 12.8 Å². The average Bonchev–Trinajstić information content (AvgIpc) is 2.50. The van der Waals surface area contributed by atoms with Gasteiger partial charge in [-0.3, -0.25) is 4.68 Å². The Kier molecular flexibility index (Phi) is 6.39. The van der Waals surface area contributed by atoms with Gasteiger partial charge in [0.2, 0.25) is 0 Å². The number of hydrogen-bond donors (Lipinski definition) is 2. The second kappa shape index (κ2) is 6.72. The van der Waals surface area contributed by atoms with E-state index in [1.54, 1.807) is 0 Å². The summed E-state index contributed by atoms with van der Waals surface area (Å²) in [6, 6.07) is 0. The summed E-state index contributed by atoms with van der Waals surface area (Å²) in [7, 11) is 1.96. The highest BCUT2D eigenvalue weighted by atomic mass is 127. The van der Waals surface area contributed by atoms with Gasteiger partial charge in [-0.2, -0.15) is 5.10 Å². The highest BCUT2D eigenvalue weighted by Gasteiger charge is 2.12. The van der Waals surface area contributed by atoms with Crippen molar-refractivity contribution in [3.63, 3.8) is 0 Å². The molecule has 92 valence electrons. The van der Waals surface area contributed by atoms with Gasteiger partial charge in [-0.15, -0.1) is 24.0 Å². The Hall–Kier alpha value is -0.790. The maximum absolute atomic E-state index is 5.33. The van der Waals surface area contributed by atoms with E-state index in [0.717, 1.165) is 24.1 Å². The first-order valence-corrected chi connectivity index (χ1v) is 5.19. The highest BCUT2D eigenvalue weighted by Crippen LogP contribution is 2.16. The number of aliphatic imine (C=N–C) groups is 1.